The van der Waals surface area contributed by atoms with Gasteiger partial charge < -0.3 is 20.3 Å². The zero-order valence-electron chi connectivity index (χ0n) is 28.0. The van der Waals surface area contributed by atoms with Crippen molar-refractivity contribution in [1.29, 1.82) is 0 Å². The highest BCUT2D eigenvalue weighted by molar-refractivity contribution is 7.90. The van der Waals surface area contributed by atoms with Gasteiger partial charge >= 0.3 is 6.09 Å². The Hall–Kier alpha value is -4.65. The number of sulfone groups is 1. The van der Waals surface area contributed by atoms with Crippen LogP contribution in [0.1, 0.15) is 62.7 Å². The van der Waals surface area contributed by atoms with Gasteiger partial charge in [0.15, 0.2) is 9.84 Å². The van der Waals surface area contributed by atoms with Crippen LogP contribution >= 0.6 is 0 Å². The predicted molar refractivity (Wildman–Crippen MR) is 182 cm³/mol. The summed E-state index contributed by atoms with van der Waals surface area (Å²) in [6.45, 7) is 11.2. The number of halogens is 1. The van der Waals surface area contributed by atoms with E-state index in [1.165, 1.54) is 30.3 Å². The van der Waals surface area contributed by atoms with E-state index in [9.17, 15) is 22.4 Å². The van der Waals surface area contributed by atoms with Crippen LogP contribution < -0.4 is 15.5 Å². The molecule has 1 saturated heterocycles. The Bertz CT molecular complexity index is 1950. The minimum atomic E-state index is -3.66. The van der Waals surface area contributed by atoms with E-state index in [1.54, 1.807) is 39.1 Å². The topological polar surface area (TPSA) is 143 Å². The lowest BCUT2D eigenvalue weighted by atomic mass is 9.92. The van der Waals surface area contributed by atoms with Crippen LogP contribution in [0.4, 0.5) is 15.0 Å². The van der Waals surface area contributed by atoms with Gasteiger partial charge in [0.25, 0.3) is 5.91 Å². The Morgan fingerprint density at radius 2 is 1.69 bits per heavy atom. The lowest BCUT2D eigenvalue weighted by molar-refractivity contribution is 0.0523. The van der Waals surface area contributed by atoms with Crippen molar-refractivity contribution in [2.75, 3.05) is 24.2 Å². The summed E-state index contributed by atoms with van der Waals surface area (Å²) < 4.78 is 44.8. The van der Waals surface area contributed by atoms with Crippen molar-refractivity contribution < 1.29 is 27.1 Å². The highest BCUT2D eigenvalue weighted by atomic mass is 32.2. The van der Waals surface area contributed by atoms with Gasteiger partial charge in [-0.05, 0) is 81.0 Å². The molecule has 4 aromatic rings. The molecule has 1 fully saturated rings. The Morgan fingerprint density at radius 1 is 0.958 bits per heavy atom. The van der Waals surface area contributed by atoms with Gasteiger partial charge in [-0.1, -0.05) is 13.8 Å². The number of hydrogen-bond donors (Lipinski definition) is 2. The van der Waals surface area contributed by atoms with Crippen LogP contribution in [0, 0.1) is 17.7 Å². The van der Waals surface area contributed by atoms with Gasteiger partial charge in [0.2, 0.25) is 0 Å². The Labute approximate surface area is 280 Å². The number of piperidine rings is 1. The zero-order valence-corrected chi connectivity index (χ0v) is 28.8. The van der Waals surface area contributed by atoms with Gasteiger partial charge in [-0.2, -0.15) is 0 Å². The Kier molecular flexibility index (Phi) is 9.99. The van der Waals surface area contributed by atoms with Crippen molar-refractivity contribution in [3.8, 4) is 11.4 Å². The van der Waals surface area contributed by atoms with E-state index in [0.717, 1.165) is 31.2 Å². The number of carbonyl (C=O) groups is 2. The number of ether oxygens (including phenoxy) is 1. The molecule has 0 radical (unpaired) electrons. The van der Waals surface area contributed by atoms with Crippen molar-refractivity contribution in [2.45, 2.75) is 64.6 Å². The van der Waals surface area contributed by atoms with E-state index in [0.29, 0.717) is 45.8 Å². The molecule has 48 heavy (non-hydrogen) atoms. The molecule has 0 saturated carbocycles. The highest BCUT2D eigenvalue weighted by Crippen LogP contribution is 2.28. The van der Waals surface area contributed by atoms with Crippen molar-refractivity contribution in [2.24, 2.45) is 11.8 Å². The summed E-state index contributed by atoms with van der Waals surface area (Å²) >= 11 is 0. The number of carbonyl (C=O) groups excluding carboxylic acids is 2. The van der Waals surface area contributed by atoms with E-state index in [1.807, 2.05) is 6.07 Å². The largest absolute Gasteiger partial charge is 0.444 e. The Morgan fingerprint density at radius 3 is 2.38 bits per heavy atom. The molecule has 5 rings (SSSR count). The number of benzene rings is 1. The van der Waals surface area contributed by atoms with Crippen LogP contribution in [-0.2, 0) is 27.7 Å². The molecule has 2 N–H and O–H groups in total. The van der Waals surface area contributed by atoms with Crippen LogP contribution in [0.25, 0.3) is 22.3 Å². The van der Waals surface area contributed by atoms with Crippen molar-refractivity contribution in [3.05, 3.63) is 77.4 Å². The number of anilines is 1. The fraction of sp³-hybridized carbons (Fsp3) is 0.400. The number of alkyl carbamates (subject to hydrolysis) is 1. The van der Waals surface area contributed by atoms with Crippen molar-refractivity contribution >= 4 is 38.6 Å². The molecule has 11 nitrogen and oxygen atoms in total. The molecule has 3 aromatic heterocycles. The van der Waals surface area contributed by atoms with Gasteiger partial charge in [-0.3, -0.25) is 9.78 Å². The smallest absolute Gasteiger partial charge is 0.407 e. The number of rotatable bonds is 8. The first-order valence-corrected chi connectivity index (χ1v) is 17.7. The highest BCUT2D eigenvalue weighted by Gasteiger charge is 2.24. The van der Waals surface area contributed by atoms with E-state index >= 15 is 0 Å². The summed E-state index contributed by atoms with van der Waals surface area (Å²) in [5, 5.41) is 6.12. The summed E-state index contributed by atoms with van der Waals surface area (Å²) in [6.07, 6.45) is 3.14. The molecule has 0 bridgehead atoms. The first-order valence-electron chi connectivity index (χ1n) is 15.8. The molecule has 4 heterocycles. The van der Waals surface area contributed by atoms with E-state index < -0.39 is 27.4 Å². The number of nitrogens with one attached hydrogen (secondary N) is 2. The molecular formula is C35H41FN6O5S. The normalized spacial score (nSPS) is 16.9. The summed E-state index contributed by atoms with van der Waals surface area (Å²) in [5.41, 5.74) is 1.84. The summed E-state index contributed by atoms with van der Waals surface area (Å²) in [5.74, 6) is 0.649. The number of pyridine rings is 3. The SMILES string of the molecule is C[C@@H]1C[C@H](C)CN(c2cc(F)cc(-c3ccc4cnc(CNC(=O)c5cc(CNC(=O)OC(C)(C)C)cc(S(C)(=O)=O)c5)cc4n3)n2)C1. The number of hydrogen-bond acceptors (Lipinski definition) is 9. The van der Waals surface area contributed by atoms with Gasteiger partial charge in [-0.25, -0.2) is 27.6 Å². The number of fused-ring (bicyclic) bond motifs is 1. The third-order valence-corrected chi connectivity index (χ3v) is 8.88. The predicted octanol–water partition coefficient (Wildman–Crippen LogP) is 5.67. The first kappa shape index (κ1) is 34.7. The third-order valence-electron chi connectivity index (χ3n) is 7.78. The number of aromatic nitrogens is 3. The fourth-order valence-corrected chi connectivity index (χ4v) is 6.50. The second-order valence-electron chi connectivity index (χ2n) is 13.6. The third kappa shape index (κ3) is 9.03. The van der Waals surface area contributed by atoms with Crippen LogP contribution in [0.5, 0.6) is 0 Å². The quantitative estimate of drug-likeness (QED) is 0.241. The molecule has 2 atom stereocenters. The number of nitrogens with zero attached hydrogens (tertiary/aromatic N) is 4. The van der Waals surface area contributed by atoms with Crippen LogP contribution in [0.3, 0.4) is 0 Å². The maximum atomic E-state index is 14.8. The Balaban J connectivity index is 1.33. The second kappa shape index (κ2) is 13.8. The summed E-state index contributed by atoms with van der Waals surface area (Å²) in [6, 6.07) is 12.4. The molecule has 0 unspecified atom stereocenters. The molecule has 2 amide bonds. The fourth-order valence-electron chi connectivity index (χ4n) is 5.79. The maximum absolute atomic E-state index is 14.8. The van der Waals surface area contributed by atoms with Crippen molar-refractivity contribution in [1.82, 2.24) is 25.6 Å². The zero-order chi connectivity index (χ0) is 34.8. The van der Waals surface area contributed by atoms with Gasteiger partial charge in [0.1, 0.15) is 17.2 Å². The second-order valence-corrected chi connectivity index (χ2v) is 15.6. The average Bonchev–Trinajstić information content (AvgIpc) is 3.00. The molecule has 1 aliphatic rings. The number of amides is 2. The molecule has 0 spiro atoms. The summed E-state index contributed by atoms with van der Waals surface area (Å²) in [4.78, 5) is 41.4. The van der Waals surface area contributed by atoms with Gasteiger partial charge in [0, 0.05) is 55.2 Å². The van der Waals surface area contributed by atoms with Crippen molar-refractivity contribution in [3.63, 3.8) is 0 Å². The van der Waals surface area contributed by atoms with Gasteiger partial charge in [0.05, 0.1) is 34.0 Å². The molecule has 0 aliphatic carbocycles. The monoisotopic (exact) mass is 676 g/mol. The lowest BCUT2D eigenvalue weighted by Crippen LogP contribution is -2.39. The van der Waals surface area contributed by atoms with Crippen LogP contribution in [0.2, 0.25) is 0 Å². The van der Waals surface area contributed by atoms with E-state index in [-0.39, 0.29) is 29.4 Å². The molecule has 1 aliphatic heterocycles. The first-order chi connectivity index (χ1) is 22.5. The molecule has 1 aromatic carbocycles. The molecular weight excluding hydrogens is 635 g/mol. The minimum Gasteiger partial charge on any atom is -0.444 e. The average molecular weight is 677 g/mol. The molecule has 13 heteroatoms. The molecule has 254 valence electrons. The van der Waals surface area contributed by atoms with Gasteiger partial charge in [-0.15, -0.1) is 0 Å². The minimum absolute atomic E-state index is 0.0307. The van der Waals surface area contributed by atoms with Crippen LogP contribution in [0.15, 0.2) is 59.6 Å². The van der Waals surface area contributed by atoms with E-state index in [4.69, 9.17) is 14.7 Å². The maximum Gasteiger partial charge on any atom is 0.407 e. The van der Waals surface area contributed by atoms with E-state index in [2.05, 4.69) is 34.4 Å². The summed E-state index contributed by atoms with van der Waals surface area (Å²) in [7, 11) is -3.66. The lowest BCUT2D eigenvalue weighted by Gasteiger charge is -2.36. The standard InChI is InChI=1S/C35H41FN6O5S/c1-21-9-22(2)20-42(19-21)32-14-26(36)13-31(41-32)29-8-7-24-17-37-27(15-30(24)40-29)18-38-33(43)25-10-23(11-28(12-25)48(6,45)46)16-39-34(44)47-35(3,4)5/h7-8,10-15,17,21-22H,9,16,18-20H2,1-6H3,(H,38,43)(H,39,44)/t21-,22+. The van der Waals surface area contributed by atoms with Crippen LogP contribution in [-0.4, -0.2) is 60.3 Å².